The summed E-state index contributed by atoms with van der Waals surface area (Å²) in [4.78, 5) is 9.07. The first-order valence-electron chi connectivity index (χ1n) is 5.42. The molecule has 2 aromatic rings. The Labute approximate surface area is 134 Å². The van der Waals surface area contributed by atoms with Crippen molar-refractivity contribution in [3.05, 3.63) is 48.5 Å². The molecule has 120 valence electrons. The van der Waals surface area contributed by atoms with E-state index in [-0.39, 0.29) is 7.43 Å². The van der Waals surface area contributed by atoms with Crippen molar-refractivity contribution in [2.24, 2.45) is 18.5 Å². The lowest BCUT2D eigenvalue weighted by Gasteiger charge is -1.86. The number of hydrogen-bond donors (Lipinski definition) is 0. The molecule has 0 fully saturated rings. The van der Waals surface area contributed by atoms with Crippen LogP contribution < -0.4 is 0 Å². The average molecular weight is 345 g/mol. The normalized spacial score (nSPS) is 8.64. The second-order valence-corrected chi connectivity index (χ2v) is 5.74. The number of hydrogen-bond acceptors (Lipinski definition) is 4. The van der Waals surface area contributed by atoms with Crippen molar-refractivity contribution in [3.63, 3.8) is 0 Å². The average Bonchev–Trinajstić information content (AvgIpc) is 3.00. The van der Waals surface area contributed by atoms with Gasteiger partial charge in [0.2, 0.25) is 0 Å². The largest absolute Gasteiger partial charge is 0.357 e. The highest BCUT2D eigenvalue weighted by Gasteiger charge is 1.95. The molecule has 0 saturated heterocycles. The SMILES string of the molecule is C.Cn1cccc1.Cn1cccc1C#N.O=C=NS(=O)(=O)Cl. The van der Waals surface area contributed by atoms with E-state index >= 15 is 0 Å². The highest BCUT2D eigenvalue weighted by molar-refractivity contribution is 8.12. The molecule has 9 heteroatoms. The van der Waals surface area contributed by atoms with Crippen LogP contribution in [0.3, 0.4) is 0 Å². The summed E-state index contributed by atoms with van der Waals surface area (Å²) in [6.45, 7) is 0. The number of rotatable bonds is 1. The Kier molecular flexibility index (Phi) is 11.3. The van der Waals surface area contributed by atoms with Gasteiger partial charge in [-0.1, -0.05) is 11.8 Å². The highest BCUT2D eigenvalue weighted by Crippen LogP contribution is 1.94. The third-order valence-electron chi connectivity index (χ3n) is 1.96. The Balaban J connectivity index is 0. The van der Waals surface area contributed by atoms with E-state index in [0.29, 0.717) is 5.69 Å². The van der Waals surface area contributed by atoms with Gasteiger partial charge in [-0.25, -0.2) is 4.79 Å². The molecule has 0 aliphatic rings. The maximum atomic E-state index is 9.57. The molecule has 0 aliphatic carbocycles. The first-order valence-corrected chi connectivity index (χ1v) is 7.69. The van der Waals surface area contributed by atoms with Crippen LogP contribution in [-0.4, -0.2) is 23.6 Å². The van der Waals surface area contributed by atoms with Crippen LogP contribution in [0.25, 0.3) is 0 Å². The van der Waals surface area contributed by atoms with Crippen molar-refractivity contribution >= 4 is 26.0 Å². The molecule has 0 aliphatic heterocycles. The lowest BCUT2D eigenvalue weighted by Crippen LogP contribution is -1.86. The monoisotopic (exact) mass is 344 g/mol. The van der Waals surface area contributed by atoms with E-state index in [0.717, 1.165) is 6.08 Å². The number of aryl methyl sites for hydroxylation is 2. The summed E-state index contributed by atoms with van der Waals surface area (Å²) >= 11 is 0. The van der Waals surface area contributed by atoms with Gasteiger partial charge in [0.25, 0.3) is 6.08 Å². The minimum atomic E-state index is -4.00. The molecular formula is C13H17ClN4O3S. The predicted molar refractivity (Wildman–Crippen MR) is 85.2 cm³/mol. The number of aromatic nitrogens is 2. The highest BCUT2D eigenvalue weighted by atomic mass is 35.7. The molecule has 0 saturated carbocycles. The van der Waals surface area contributed by atoms with E-state index in [1.807, 2.05) is 61.5 Å². The molecule has 0 aromatic carbocycles. The number of carbonyl (C=O) groups excluding carboxylic acids is 1. The minimum absolute atomic E-state index is 0. The van der Waals surface area contributed by atoms with E-state index in [1.54, 1.807) is 10.6 Å². The van der Waals surface area contributed by atoms with Crippen LogP contribution in [0.1, 0.15) is 13.1 Å². The van der Waals surface area contributed by atoms with Gasteiger partial charge in [0.15, 0.2) is 0 Å². The Morgan fingerprint density at radius 3 is 1.86 bits per heavy atom. The van der Waals surface area contributed by atoms with Crippen LogP contribution >= 0.6 is 10.7 Å². The van der Waals surface area contributed by atoms with E-state index in [4.69, 9.17) is 10.1 Å². The van der Waals surface area contributed by atoms with Gasteiger partial charge >= 0.3 is 9.24 Å². The summed E-state index contributed by atoms with van der Waals surface area (Å²) in [5.41, 5.74) is 0.699. The Hall–Kier alpha value is -2.33. The lowest BCUT2D eigenvalue weighted by molar-refractivity contribution is 0.564. The number of nitrogens with zero attached hydrogens (tertiary/aromatic N) is 4. The van der Waals surface area contributed by atoms with Crippen molar-refractivity contribution in [1.29, 1.82) is 5.26 Å². The first kappa shape index (κ1) is 22.0. The minimum Gasteiger partial charge on any atom is -0.357 e. The van der Waals surface area contributed by atoms with Crippen molar-refractivity contribution in [2.45, 2.75) is 7.43 Å². The Morgan fingerprint density at radius 1 is 1.18 bits per heavy atom. The summed E-state index contributed by atoms with van der Waals surface area (Å²) in [6.07, 6.45) is 6.61. The maximum absolute atomic E-state index is 9.57. The van der Waals surface area contributed by atoms with Crippen molar-refractivity contribution in [2.75, 3.05) is 0 Å². The summed E-state index contributed by atoms with van der Waals surface area (Å²) in [5, 5.41) is 8.34. The third kappa shape index (κ3) is 11.5. The molecule has 0 spiro atoms. The summed E-state index contributed by atoms with van der Waals surface area (Å²) in [5.74, 6) is 0. The first-order chi connectivity index (χ1) is 9.80. The fraction of sp³-hybridized carbons (Fsp3) is 0.231. The quantitative estimate of drug-likeness (QED) is 0.450. The van der Waals surface area contributed by atoms with E-state index in [1.165, 1.54) is 0 Å². The zero-order chi connectivity index (χ0) is 16.3. The van der Waals surface area contributed by atoms with Crippen LogP contribution in [0.4, 0.5) is 0 Å². The number of isocyanates is 1. The zero-order valence-corrected chi connectivity index (χ0v) is 12.9. The van der Waals surface area contributed by atoms with Gasteiger partial charge in [-0.2, -0.15) is 13.7 Å². The van der Waals surface area contributed by atoms with Crippen LogP contribution in [0.15, 0.2) is 47.3 Å². The van der Waals surface area contributed by atoms with Gasteiger partial charge in [-0.15, -0.1) is 0 Å². The van der Waals surface area contributed by atoms with Gasteiger partial charge in [-0.05, 0) is 24.3 Å². The molecule has 2 heterocycles. The van der Waals surface area contributed by atoms with Crippen LogP contribution in [0.5, 0.6) is 0 Å². The van der Waals surface area contributed by atoms with Gasteiger partial charge in [-0.3, -0.25) is 0 Å². The molecule has 2 rings (SSSR count). The van der Waals surface area contributed by atoms with Crippen LogP contribution in [0.2, 0.25) is 0 Å². The molecular weight excluding hydrogens is 328 g/mol. The molecule has 0 amide bonds. The molecule has 22 heavy (non-hydrogen) atoms. The number of halogens is 1. The van der Waals surface area contributed by atoms with Crippen molar-refractivity contribution < 1.29 is 13.2 Å². The van der Waals surface area contributed by atoms with Gasteiger partial charge in [0.05, 0.1) is 0 Å². The van der Waals surface area contributed by atoms with E-state index in [9.17, 15) is 8.42 Å². The van der Waals surface area contributed by atoms with Crippen molar-refractivity contribution in [1.82, 2.24) is 9.13 Å². The summed E-state index contributed by atoms with van der Waals surface area (Å²) < 4.78 is 25.1. The summed E-state index contributed by atoms with van der Waals surface area (Å²) in [6, 6.07) is 9.66. The predicted octanol–water partition coefficient (Wildman–Crippen LogP) is 2.36. The second kappa shape index (κ2) is 11.3. The van der Waals surface area contributed by atoms with Gasteiger partial charge < -0.3 is 9.13 Å². The van der Waals surface area contributed by atoms with E-state index in [2.05, 4.69) is 15.1 Å². The Morgan fingerprint density at radius 2 is 1.73 bits per heavy atom. The van der Waals surface area contributed by atoms with Crippen LogP contribution in [-0.2, 0) is 28.1 Å². The molecule has 7 nitrogen and oxygen atoms in total. The second-order valence-electron chi connectivity index (χ2n) is 3.56. The molecule has 0 bridgehead atoms. The molecule has 0 atom stereocenters. The number of nitriles is 1. The Bertz CT molecular complexity index is 724. The van der Waals surface area contributed by atoms with Crippen molar-refractivity contribution in [3.8, 4) is 6.07 Å². The zero-order valence-electron chi connectivity index (χ0n) is 11.3. The fourth-order valence-electron chi connectivity index (χ4n) is 1.04. The molecule has 0 radical (unpaired) electrons. The standard InChI is InChI=1S/C6H6N2.C5H7N.CClNO3S.CH4/c1-8-4-2-3-6(8)5-7;1-6-4-2-3-5-6;2-7(5,6)3-1-4;/h2-4H,1H3;2-5H,1H3;;1H4. The van der Waals surface area contributed by atoms with Gasteiger partial charge in [0.1, 0.15) is 11.8 Å². The maximum Gasteiger partial charge on any atom is 0.350 e. The molecule has 2 aromatic heterocycles. The lowest BCUT2D eigenvalue weighted by atomic mass is 10.5. The summed E-state index contributed by atoms with van der Waals surface area (Å²) in [7, 11) is 4.22. The molecule has 0 N–H and O–H groups in total. The third-order valence-corrected chi connectivity index (χ3v) is 2.46. The topological polar surface area (TPSA) is 97.2 Å². The van der Waals surface area contributed by atoms with Gasteiger partial charge in [0, 0.05) is 43.4 Å². The van der Waals surface area contributed by atoms with Crippen LogP contribution in [0, 0.1) is 11.3 Å². The fourth-order valence-corrected chi connectivity index (χ4v) is 1.22. The smallest absolute Gasteiger partial charge is 0.350 e. The van der Waals surface area contributed by atoms with E-state index < -0.39 is 9.24 Å². The molecule has 0 unspecified atom stereocenters.